The zero-order chi connectivity index (χ0) is 10.4. The third-order valence-corrected chi connectivity index (χ3v) is 1.55. The maximum Gasteiger partial charge on any atom is 0.341 e. The van der Waals surface area contributed by atoms with Crippen LogP contribution in [0.1, 0.15) is 0 Å². The van der Waals surface area contributed by atoms with Crippen LogP contribution in [0.2, 0.25) is 0 Å². The largest absolute Gasteiger partial charge is 0.465 e. The van der Waals surface area contributed by atoms with Crippen molar-refractivity contribution in [3.05, 3.63) is 24.0 Å². The first kappa shape index (κ1) is 11.6. The fourth-order valence-electron chi connectivity index (χ4n) is 0.986. The summed E-state index contributed by atoms with van der Waals surface area (Å²) in [5, 5.41) is 2.90. The number of esters is 1. The molecule has 0 aliphatic heterocycles. The van der Waals surface area contributed by atoms with Crippen LogP contribution in [0.4, 0.5) is 0 Å². The van der Waals surface area contributed by atoms with E-state index in [4.69, 9.17) is 0 Å². The Morgan fingerprint density at radius 3 is 2.31 bits per heavy atom. The molecule has 0 aromatic rings. The number of rotatable bonds is 4. The van der Waals surface area contributed by atoms with Crippen LogP contribution in [0.5, 0.6) is 0 Å². The van der Waals surface area contributed by atoms with Gasteiger partial charge in [-0.25, -0.2) is 4.79 Å². The molecular weight excluding hydrogens is 168 g/mol. The van der Waals surface area contributed by atoms with Crippen molar-refractivity contribution < 1.29 is 9.53 Å². The first-order chi connectivity index (χ1) is 6.08. The Kier molecular flexibility index (Phi) is 4.66. The van der Waals surface area contributed by atoms with E-state index in [0.29, 0.717) is 11.4 Å². The topological polar surface area (TPSA) is 41.6 Å². The van der Waals surface area contributed by atoms with Gasteiger partial charge >= 0.3 is 5.97 Å². The van der Waals surface area contributed by atoms with E-state index in [0.717, 1.165) is 0 Å². The van der Waals surface area contributed by atoms with Crippen LogP contribution >= 0.6 is 0 Å². The van der Waals surface area contributed by atoms with E-state index in [2.05, 4.69) is 16.6 Å². The standard InChI is InChI=1S/C9H16N2O2/c1-6-7(9(12)13-5)8(10-2)11(3)4/h6,10H,1H2,2-5H3/b8-7+. The summed E-state index contributed by atoms with van der Waals surface area (Å²) in [7, 11) is 6.74. The summed E-state index contributed by atoms with van der Waals surface area (Å²) in [4.78, 5) is 13.0. The van der Waals surface area contributed by atoms with Crippen LogP contribution in [-0.4, -0.2) is 39.1 Å². The molecule has 0 aliphatic carbocycles. The number of hydrogen-bond donors (Lipinski definition) is 1. The van der Waals surface area contributed by atoms with Crippen molar-refractivity contribution in [2.45, 2.75) is 0 Å². The molecule has 0 amide bonds. The highest BCUT2D eigenvalue weighted by Crippen LogP contribution is 2.06. The first-order valence-electron chi connectivity index (χ1n) is 3.88. The molecule has 13 heavy (non-hydrogen) atoms. The highest BCUT2D eigenvalue weighted by Gasteiger charge is 2.12. The predicted octanol–water partition coefficient (Wildman–Crippen LogP) is 0.338. The van der Waals surface area contributed by atoms with Gasteiger partial charge in [-0.1, -0.05) is 12.7 Å². The van der Waals surface area contributed by atoms with E-state index in [1.165, 1.54) is 13.2 Å². The van der Waals surface area contributed by atoms with Crippen molar-refractivity contribution in [3.8, 4) is 0 Å². The molecule has 0 heterocycles. The van der Waals surface area contributed by atoms with Crippen molar-refractivity contribution in [1.29, 1.82) is 0 Å². The molecule has 0 unspecified atom stereocenters. The van der Waals surface area contributed by atoms with Crippen LogP contribution in [0, 0.1) is 0 Å². The minimum atomic E-state index is -0.395. The van der Waals surface area contributed by atoms with Crippen LogP contribution in [0.3, 0.4) is 0 Å². The molecule has 0 radical (unpaired) electrons. The smallest absolute Gasteiger partial charge is 0.341 e. The molecule has 0 atom stereocenters. The van der Waals surface area contributed by atoms with E-state index in [-0.39, 0.29) is 0 Å². The molecule has 1 N–H and O–H groups in total. The van der Waals surface area contributed by atoms with Gasteiger partial charge in [0.15, 0.2) is 0 Å². The molecule has 0 rings (SSSR count). The fourth-order valence-corrected chi connectivity index (χ4v) is 0.986. The zero-order valence-corrected chi connectivity index (χ0v) is 8.55. The molecule has 74 valence electrons. The minimum Gasteiger partial charge on any atom is -0.465 e. The second kappa shape index (κ2) is 5.24. The lowest BCUT2D eigenvalue weighted by atomic mass is 10.2. The van der Waals surface area contributed by atoms with E-state index in [1.54, 1.807) is 11.9 Å². The first-order valence-corrected chi connectivity index (χ1v) is 3.88. The number of ether oxygens (including phenoxy) is 1. The van der Waals surface area contributed by atoms with E-state index in [1.807, 2.05) is 14.1 Å². The zero-order valence-electron chi connectivity index (χ0n) is 8.55. The molecule has 0 aliphatic rings. The summed E-state index contributed by atoms with van der Waals surface area (Å²) in [6, 6.07) is 0. The number of nitrogens with one attached hydrogen (secondary N) is 1. The van der Waals surface area contributed by atoms with Crippen molar-refractivity contribution in [3.63, 3.8) is 0 Å². The number of carbonyl (C=O) groups excluding carboxylic acids is 1. The lowest BCUT2D eigenvalue weighted by Crippen LogP contribution is -2.26. The SMILES string of the molecule is C=C/C(C(=O)OC)=C(/NC)N(C)C. The lowest BCUT2D eigenvalue weighted by Gasteiger charge is -2.18. The lowest BCUT2D eigenvalue weighted by molar-refractivity contribution is -0.135. The van der Waals surface area contributed by atoms with Gasteiger partial charge in [-0.15, -0.1) is 0 Å². The summed E-state index contributed by atoms with van der Waals surface area (Å²) >= 11 is 0. The second-order valence-corrected chi connectivity index (χ2v) is 2.60. The summed E-state index contributed by atoms with van der Waals surface area (Å²) in [6.07, 6.45) is 1.47. The van der Waals surface area contributed by atoms with E-state index in [9.17, 15) is 4.79 Å². The molecule has 0 saturated carbocycles. The normalized spacial score (nSPS) is 11.4. The highest BCUT2D eigenvalue weighted by molar-refractivity contribution is 5.92. The highest BCUT2D eigenvalue weighted by atomic mass is 16.5. The molecule has 0 bridgehead atoms. The maximum absolute atomic E-state index is 11.2. The van der Waals surface area contributed by atoms with Gasteiger partial charge in [-0.05, 0) is 0 Å². The molecular formula is C9H16N2O2. The Bertz CT molecular complexity index is 232. The number of methoxy groups -OCH3 is 1. The summed E-state index contributed by atoms with van der Waals surface area (Å²) < 4.78 is 4.60. The molecule has 4 nitrogen and oxygen atoms in total. The summed E-state index contributed by atoms with van der Waals surface area (Å²) in [5.74, 6) is 0.287. The molecule has 0 spiro atoms. The van der Waals surface area contributed by atoms with Gasteiger partial charge in [-0.2, -0.15) is 0 Å². The van der Waals surface area contributed by atoms with Crippen molar-refractivity contribution >= 4 is 5.97 Å². The van der Waals surface area contributed by atoms with Gasteiger partial charge < -0.3 is 15.0 Å². The molecule has 0 aromatic heterocycles. The monoisotopic (exact) mass is 184 g/mol. The van der Waals surface area contributed by atoms with Crippen LogP contribution in [0.25, 0.3) is 0 Å². The van der Waals surface area contributed by atoms with Crippen LogP contribution < -0.4 is 5.32 Å². The fraction of sp³-hybridized carbons (Fsp3) is 0.444. The average Bonchev–Trinajstić information content (AvgIpc) is 2.12. The van der Waals surface area contributed by atoms with Gasteiger partial charge in [0.2, 0.25) is 0 Å². The average molecular weight is 184 g/mol. The van der Waals surface area contributed by atoms with Crippen molar-refractivity contribution in [2.75, 3.05) is 28.3 Å². The Labute approximate surface area is 78.9 Å². The van der Waals surface area contributed by atoms with Crippen molar-refractivity contribution in [2.24, 2.45) is 0 Å². The number of hydrogen-bond acceptors (Lipinski definition) is 4. The van der Waals surface area contributed by atoms with E-state index >= 15 is 0 Å². The van der Waals surface area contributed by atoms with E-state index < -0.39 is 5.97 Å². The van der Waals surface area contributed by atoms with Gasteiger partial charge in [0.25, 0.3) is 0 Å². The third-order valence-electron chi connectivity index (χ3n) is 1.55. The van der Waals surface area contributed by atoms with Crippen LogP contribution in [0.15, 0.2) is 24.0 Å². The predicted molar refractivity (Wildman–Crippen MR) is 52.0 cm³/mol. The summed E-state index contributed by atoms with van der Waals surface area (Å²) in [5.41, 5.74) is 0.426. The summed E-state index contributed by atoms with van der Waals surface area (Å²) in [6.45, 7) is 3.56. The molecule has 0 saturated heterocycles. The van der Waals surface area contributed by atoms with Gasteiger partial charge in [-0.3, -0.25) is 0 Å². The van der Waals surface area contributed by atoms with Gasteiger partial charge in [0.1, 0.15) is 5.82 Å². The second-order valence-electron chi connectivity index (χ2n) is 2.60. The Morgan fingerprint density at radius 1 is 1.54 bits per heavy atom. The molecule has 0 aromatic carbocycles. The number of nitrogens with zero attached hydrogens (tertiary/aromatic N) is 1. The number of carbonyl (C=O) groups is 1. The third kappa shape index (κ3) is 2.82. The minimum absolute atomic E-state index is 0.395. The Hall–Kier alpha value is -1.45. The quantitative estimate of drug-likeness (QED) is 0.388. The van der Waals surface area contributed by atoms with Gasteiger partial charge in [0.05, 0.1) is 12.7 Å². The van der Waals surface area contributed by atoms with Gasteiger partial charge in [0, 0.05) is 21.1 Å². The molecule has 0 fully saturated rings. The van der Waals surface area contributed by atoms with Crippen molar-refractivity contribution in [1.82, 2.24) is 10.2 Å². The van der Waals surface area contributed by atoms with Crippen LogP contribution in [-0.2, 0) is 9.53 Å². The Balaban J connectivity index is 5.05. The Morgan fingerprint density at radius 2 is 2.08 bits per heavy atom. The molecule has 4 heteroatoms. The maximum atomic E-state index is 11.2.